The van der Waals surface area contributed by atoms with Crippen molar-refractivity contribution < 1.29 is 27.5 Å². The van der Waals surface area contributed by atoms with Gasteiger partial charge in [-0.3, -0.25) is 19.0 Å². The lowest BCUT2D eigenvalue weighted by atomic mass is 10.2. The number of carbonyl (C=O) groups is 2. The summed E-state index contributed by atoms with van der Waals surface area (Å²) in [5, 5.41) is 2.39. The minimum atomic E-state index is -4.62. The van der Waals surface area contributed by atoms with Gasteiger partial charge in [-0.05, 0) is 37.3 Å². The quantitative estimate of drug-likeness (QED) is 0.596. The number of anilines is 1. The molecule has 1 unspecified atom stereocenters. The molecule has 1 amide bonds. The molecule has 1 aromatic heterocycles. The normalized spacial score (nSPS) is 12.4. The molecular formula is C20H15ClF3N3O4. The van der Waals surface area contributed by atoms with E-state index < -0.39 is 41.8 Å². The second kappa shape index (κ2) is 8.76. The van der Waals surface area contributed by atoms with Crippen LogP contribution in [0.3, 0.4) is 0 Å². The Hall–Kier alpha value is -3.40. The molecule has 0 aliphatic rings. The smallest absolute Gasteiger partial charge is 0.416 e. The van der Waals surface area contributed by atoms with Crippen molar-refractivity contribution in [1.29, 1.82) is 0 Å². The average molecular weight is 454 g/mol. The van der Waals surface area contributed by atoms with E-state index in [0.717, 1.165) is 16.7 Å². The number of amides is 1. The summed E-state index contributed by atoms with van der Waals surface area (Å²) in [6.45, 7) is 0.731. The molecule has 3 aromatic rings. The van der Waals surface area contributed by atoms with E-state index in [1.165, 1.54) is 13.3 Å². The summed E-state index contributed by atoms with van der Waals surface area (Å²) in [6, 6.07) is 9.01. The number of carbonyl (C=O) groups excluding carboxylic acids is 2. The van der Waals surface area contributed by atoms with Crippen LogP contribution in [0.1, 0.15) is 12.5 Å². The summed E-state index contributed by atoms with van der Waals surface area (Å²) in [7, 11) is 0. The van der Waals surface area contributed by atoms with E-state index in [1.807, 2.05) is 0 Å². The van der Waals surface area contributed by atoms with E-state index in [-0.39, 0.29) is 10.7 Å². The number of alkyl halides is 3. The highest BCUT2D eigenvalue weighted by Gasteiger charge is 2.31. The van der Waals surface area contributed by atoms with Gasteiger partial charge in [0.1, 0.15) is 6.54 Å². The zero-order valence-corrected chi connectivity index (χ0v) is 16.7. The molecule has 2 aromatic carbocycles. The summed E-state index contributed by atoms with van der Waals surface area (Å²) < 4.78 is 44.6. The first-order valence-electron chi connectivity index (χ1n) is 8.87. The molecule has 0 aliphatic carbocycles. The molecule has 1 N–H and O–H groups in total. The van der Waals surface area contributed by atoms with Crippen LogP contribution < -0.4 is 10.9 Å². The molecule has 7 nitrogen and oxygen atoms in total. The Balaban J connectivity index is 1.67. The van der Waals surface area contributed by atoms with Gasteiger partial charge in [0.2, 0.25) is 0 Å². The van der Waals surface area contributed by atoms with Gasteiger partial charge < -0.3 is 10.1 Å². The molecule has 0 spiro atoms. The van der Waals surface area contributed by atoms with Gasteiger partial charge in [-0.15, -0.1) is 0 Å². The second-order valence-electron chi connectivity index (χ2n) is 6.51. The van der Waals surface area contributed by atoms with Crippen molar-refractivity contribution in [2.24, 2.45) is 0 Å². The van der Waals surface area contributed by atoms with Crippen molar-refractivity contribution in [3.8, 4) is 0 Å². The fourth-order valence-corrected chi connectivity index (χ4v) is 2.84. The number of nitrogens with zero attached hydrogens (tertiary/aromatic N) is 2. The third kappa shape index (κ3) is 5.21. The zero-order chi connectivity index (χ0) is 22.8. The third-order valence-electron chi connectivity index (χ3n) is 4.26. The first kappa shape index (κ1) is 22.3. The minimum Gasteiger partial charge on any atom is -0.451 e. The molecule has 1 atom stereocenters. The van der Waals surface area contributed by atoms with Crippen LogP contribution in [0.25, 0.3) is 10.9 Å². The van der Waals surface area contributed by atoms with Crippen molar-refractivity contribution in [3.05, 3.63) is 69.7 Å². The van der Waals surface area contributed by atoms with E-state index in [9.17, 15) is 27.6 Å². The molecule has 0 saturated carbocycles. The van der Waals surface area contributed by atoms with E-state index >= 15 is 0 Å². The Bertz CT molecular complexity index is 1210. The largest absolute Gasteiger partial charge is 0.451 e. The van der Waals surface area contributed by atoms with E-state index in [1.54, 1.807) is 24.3 Å². The summed E-state index contributed by atoms with van der Waals surface area (Å²) >= 11 is 5.84. The van der Waals surface area contributed by atoms with Crippen LogP contribution in [0.5, 0.6) is 0 Å². The predicted octanol–water partition coefficient (Wildman–Crippen LogP) is 3.64. The lowest BCUT2D eigenvalue weighted by molar-refractivity contribution is -0.153. The van der Waals surface area contributed by atoms with Crippen LogP contribution in [0.15, 0.2) is 53.6 Å². The molecule has 0 bridgehead atoms. The van der Waals surface area contributed by atoms with Gasteiger partial charge in [0.15, 0.2) is 6.10 Å². The fourth-order valence-electron chi connectivity index (χ4n) is 2.68. The highest BCUT2D eigenvalue weighted by molar-refractivity contribution is 6.33. The topological polar surface area (TPSA) is 90.3 Å². The summed E-state index contributed by atoms with van der Waals surface area (Å²) in [4.78, 5) is 40.9. The molecule has 31 heavy (non-hydrogen) atoms. The summed E-state index contributed by atoms with van der Waals surface area (Å²) in [5.74, 6) is -1.80. The lowest BCUT2D eigenvalue weighted by Gasteiger charge is -2.16. The van der Waals surface area contributed by atoms with Crippen LogP contribution in [0, 0.1) is 0 Å². The van der Waals surface area contributed by atoms with Crippen LogP contribution in [-0.4, -0.2) is 27.5 Å². The van der Waals surface area contributed by atoms with E-state index in [0.29, 0.717) is 17.0 Å². The number of aromatic nitrogens is 2. The Morgan fingerprint density at radius 1 is 1.23 bits per heavy atom. The number of esters is 1. The van der Waals surface area contributed by atoms with Gasteiger partial charge in [-0.2, -0.15) is 13.2 Å². The summed E-state index contributed by atoms with van der Waals surface area (Å²) in [6.07, 6.45) is -4.80. The molecule has 11 heteroatoms. The first-order chi connectivity index (χ1) is 14.6. The predicted molar refractivity (Wildman–Crippen MR) is 107 cm³/mol. The molecule has 1 heterocycles. The van der Waals surface area contributed by atoms with Crippen LogP contribution in [0.2, 0.25) is 5.02 Å². The standard InChI is InChI=1S/C20H15ClF3N3O4/c1-11(18(29)26-16-8-12(20(22,23)24)6-7-14(16)21)31-17(28)9-27-10-25-15-5-3-2-4-13(15)19(27)30/h2-8,10-11H,9H2,1H3,(H,26,29). The first-order valence-corrected chi connectivity index (χ1v) is 9.25. The van der Waals surface area contributed by atoms with Gasteiger partial charge in [-0.25, -0.2) is 4.98 Å². The van der Waals surface area contributed by atoms with Gasteiger partial charge in [0.25, 0.3) is 11.5 Å². The minimum absolute atomic E-state index is 0.117. The number of hydrogen-bond donors (Lipinski definition) is 1. The highest BCUT2D eigenvalue weighted by Crippen LogP contribution is 2.33. The SMILES string of the molecule is CC(OC(=O)Cn1cnc2ccccc2c1=O)C(=O)Nc1cc(C(F)(F)F)ccc1Cl. The summed E-state index contributed by atoms with van der Waals surface area (Å²) in [5.41, 5.74) is -1.28. The van der Waals surface area contributed by atoms with E-state index in [2.05, 4.69) is 10.3 Å². The molecule has 162 valence electrons. The fraction of sp³-hybridized carbons (Fsp3) is 0.200. The Kier molecular flexibility index (Phi) is 6.30. The van der Waals surface area contributed by atoms with Crippen molar-refractivity contribution in [1.82, 2.24) is 9.55 Å². The Labute approximate surface area is 178 Å². The van der Waals surface area contributed by atoms with Crippen LogP contribution >= 0.6 is 11.6 Å². The zero-order valence-electron chi connectivity index (χ0n) is 15.9. The van der Waals surface area contributed by atoms with Gasteiger partial charge in [-0.1, -0.05) is 23.7 Å². The Morgan fingerprint density at radius 2 is 1.94 bits per heavy atom. The number of rotatable bonds is 5. The molecule has 0 aliphatic heterocycles. The molecule has 0 saturated heterocycles. The number of hydrogen-bond acceptors (Lipinski definition) is 5. The molecular weight excluding hydrogens is 439 g/mol. The van der Waals surface area contributed by atoms with Crippen molar-refractivity contribution in [2.45, 2.75) is 25.7 Å². The molecule has 3 rings (SSSR count). The molecule has 0 radical (unpaired) electrons. The maximum atomic E-state index is 12.8. The number of fused-ring (bicyclic) bond motifs is 1. The van der Waals surface area contributed by atoms with Crippen molar-refractivity contribution in [3.63, 3.8) is 0 Å². The number of para-hydroxylation sites is 1. The lowest BCUT2D eigenvalue weighted by Crippen LogP contribution is -2.33. The number of ether oxygens (including phenoxy) is 1. The highest BCUT2D eigenvalue weighted by atomic mass is 35.5. The second-order valence-corrected chi connectivity index (χ2v) is 6.92. The number of benzene rings is 2. The molecule has 0 fully saturated rings. The van der Waals surface area contributed by atoms with Crippen molar-refractivity contribution >= 4 is 40.1 Å². The average Bonchev–Trinajstić information content (AvgIpc) is 2.71. The monoisotopic (exact) mass is 453 g/mol. The number of halogens is 4. The maximum Gasteiger partial charge on any atom is 0.416 e. The third-order valence-corrected chi connectivity index (χ3v) is 4.59. The van der Waals surface area contributed by atoms with Gasteiger partial charge >= 0.3 is 12.1 Å². The maximum absolute atomic E-state index is 12.8. The van der Waals surface area contributed by atoms with Crippen molar-refractivity contribution in [2.75, 3.05) is 5.32 Å². The van der Waals surface area contributed by atoms with Gasteiger partial charge in [0.05, 0.1) is 33.5 Å². The van der Waals surface area contributed by atoms with E-state index in [4.69, 9.17) is 16.3 Å². The Morgan fingerprint density at radius 3 is 2.65 bits per heavy atom. The van der Waals surface area contributed by atoms with Gasteiger partial charge in [0, 0.05) is 0 Å². The van der Waals surface area contributed by atoms with Crippen LogP contribution in [0.4, 0.5) is 18.9 Å². The number of nitrogens with one attached hydrogen (secondary N) is 1. The van der Waals surface area contributed by atoms with Crippen LogP contribution in [-0.2, 0) is 27.0 Å².